The zero-order valence-electron chi connectivity index (χ0n) is 9.91. The molecule has 2 aliphatic heterocycles. The second-order valence-electron chi connectivity index (χ2n) is 5.43. The topological polar surface area (TPSA) is 41.3 Å². The Kier molecular flexibility index (Phi) is 4.00. The van der Waals surface area contributed by atoms with Crippen molar-refractivity contribution in [2.24, 2.45) is 11.7 Å². The van der Waals surface area contributed by atoms with Crippen LogP contribution in [0.15, 0.2) is 0 Å². The Morgan fingerprint density at radius 2 is 2.20 bits per heavy atom. The van der Waals surface area contributed by atoms with Gasteiger partial charge >= 0.3 is 0 Å². The van der Waals surface area contributed by atoms with Gasteiger partial charge < -0.3 is 16.0 Å². The molecular weight excluding hydrogens is 186 g/mol. The number of nitrogens with one attached hydrogen (secondary N) is 1. The number of hydrogen-bond donors (Lipinski definition) is 2. The molecule has 0 aromatic rings. The summed E-state index contributed by atoms with van der Waals surface area (Å²) in [7, 11) is 2.23. The van der Waals surface area contributed by atoms with Crippen LogP contribution in [0, 0.1) is 5.92 Å². The van der Waals surface area contributed by atoms with E-state index >= 15 is 0 Å². The molecule has 88 valence electrons. The van der Waals surface area contributed by atoms with E-state index in [4.69, 9.17) is 5.73 Å². The van der Waals surface area contributed by atoms with Crippen LogP contribution in [0.4, 0.5) is 0 Å². The molecular formula is C12H25N3. The summed E-state index contributed by atoms with van der Waals surface area (Å²) in [5.41, 5.74) is 5.98. The van der Waals surface area contributed by atoms with Crippen molar-refractivity contribution in [1.82, 2.24) is 10.2 Å². The predicted molar refractivity (Wildman–Crippen MR) is 63.8 cm³/mol. The van der Waals surface area contributed by atoms with E-state index in [9.17, 15) is 0 Å². The molecule has 3 atom stereocenters. The average molecular weight is 211 g/mol. The first-order chi connectivity index (χ1) is 7.24. The first-order valence-corrected chi connectivity index (χ1v) is 6.41. The lowest BCUT2D eigenvalue weighted by Crippen LogP contribution is -2.43. The van der Waals surface area contributed by atoms with Crippen molar-refractivity contribution in [3.63, 3.8) is 0 Å². The van der Waals surface area contributed by atoms with Gasteiger partial charge in [0.05, 0.1) is 0 Å². The molecule has 2 fully saturated rings. The van der Waals surface area contributed by atoms with E-state index < -0.39 is 0 Å². The molecule has 0 aromatic carbocycles. The van der Waals surface area contributed by atoms with Gasteiger partial charge in [-0.15, -0.1) is 0 Å². The lowest BCUT2D eigenvalue weighted by atomic mass is 9.92. The fourth-order valence-corrected chi connectivity index (χ4v) is 2.96. The van der Waals surface area contributed by atoms with Gasteiger partial charge in [0.2, 0.25) is 0 Å². The lowest BCUT2D eigenvalue weighted by Gasteiger charge is -2.28. The molecule has 0 spiro atoms. The van der Waals surface area contributed by atoms with E-state index in [2.05, 4.69) is 17.3 Å². The number of nitrogens with two attached hydrogens (primary N) is 1. The second kappa shape index (κ2) is 5.28. The number of piperidine rings is 1. The Bertz CT molecular complexity index is 195. The van der Waals surface area contributed by atoms with Gasteiger partial charge in [-0.05, 0) is 58.2 Å². The molecule has 3 N–H and O–H groups in total. The van der Waals surface area contributed by atoms with Crippen molar-refractivity contribution in [3.8, 4) is 0 Å². The largest absolute Gasteiger partial charge is 0.328 e. The van der Waals surface area contributed by atoms with Gasteiger partial charge in [0.15, 0.2) is 0 Å². The molecule has 3 heteroatoms. The monoisotopic (exact) mass is 211 g/mol. The van der Waals surface area contributed by atoms with Gasteiger partial charge in [0, 0.05) is 18.6 Å². The Morgan fingerprint density at radius 1 is 1.33 bits per heavy atom. The molecule has 3 nitrogen and oxygen atoms in total. The third-order valence-electron chi connectivity index (χ3n) is 3.95. The summed E-state index contributed by atoms with van der Waals surface area (Å²) < 4.78 is 0. The van der Waals surface area contributed by atoms with E-state index in [1.807, 2.05) is 0 Å². The van der Waals surface area contributed by atoms with Gasteiger partial charge in [0.25, 0.3) is 0 Å². The highest BCUT2D eigenvalue weighted by Gasteiger charge is 2.23. The summed E-state index contributed by atoms with van der Waals surface area (Å²) in [5, 5.41) is 3.59. The van der Waals surface area contributed by atoms with Crippen LogP contribution in [0.25, 0.3) is 0 Å². The molecule has 2 rings (SSSR count). The molecule has 0 bridgehead atoms. The maximum absolute atomic E-state index is 5.98. The SMILES string of the molecule is CN1CCC(CCC2CC(N)CCN2)C1. The maximum Gasteiger partial charge on any atom is 0.00819 e. The highest BCUT2D eigenvalue weighted by Crippen LogP contribution is 2.22. The zero-order valence-corrected chi connectivity index (χ0v) is 9.91. The number of nitrogens with zero attached hydrogens (tertiary/aromatic N) is 1. The second-order valence-corrected chi connectivity index (χ2v) is 5.43. The van der Waals surface area contributed by atoms with Crippen LogP contribution in [0.2, 0.25) is 0 Å². The fraction of sp³-hybridized carbons (Fsp3) is 1.00. The standard InChI is InChI=1S/C12H25N3/c1-15-7-5-10(9-15)2-3-12-8-11(13)4-6-14-12/h10-12,14H,2-9,13H2,1H3. The van der Waals surface area contributed by atoms with E-state index in [-0.39, 0.29) is 0 Å². The minimum Gasteiger partial charge on any atom is -0.328 e. The summed E-state index contributed by atoms with van der Waals surface area (Å²) in [6.45, 7) is 3.72. The molecule has 0 aromatic heterocycles. The minimum absolute atomic E-state index is 0.447. The molecule has 0 radical (unpaired) electrons. The van der Waals surface area contributed by atoms with Crippen LogP contribution in [-0.4, -0.2) is 43.7 Å². The van der Waals surface area contributed by atoms with Crippen molar-refractivity contribution in [2.75, 3.05) is 26.7 Å². The van der Waals surface area contributed by atoms with Gasteiger partial charge in [-0.2, -0.15) is 0 Å². The third-order valence-corrected chi connectivity index (χ3v) is 3.95. The summed E-state index contributed by atoms with van der Waals surface area (Å²) >= 11 is 0. The van der Waals surface area contributed by atoms with Gasteiger partial charge in [-0.25, -0.2) is 0 Å². The fourth-order valence-electron chi connectivity index (χ4n) is 2.96. The maximum atomic E-state index is 5.98. The van der Waals surface area contributed by atoms with Crippen molar-refractivity contribution < 1.29 is 0 Å². The Labute approximate surface area is 93.4 Å². The zero-order chi connectivity index (χ0) is 10.7. The average Bonchev–Trinajstić information content (AvgIpc) is 2.62. The highest BCUT2D eigenvalue weighted by molar-refractivity contribution is 4.82. The summed E-state index contributed by atoms with van der Waals surface area (Å²) in [6.07, 6.45) is 6.45. The van der Waals surface area contributed by atoms with Crippen LogP contribution in [0.3, 0.4) is 0 Å². The minimum atomic E-state index is 0.447. The van der Waals surface area contributed by atoms with Crippen LogP contribution in [0.1, 0.15) is 32.1 Å². The molecule has 15 heavy (non-hydrogen) atoms. The molecule has 2 aliphatic rings. The van der Waals surface area contributed by atoms with Crippen molar-refractivity contribution >= 4 is 0 Å². The van der Waals surface area contributed by atoms with Gasteiger partial charge in [-0.1, -0.05) is 0 Å². The molecule has 0 aliphatic carbocycles. The quantitative estimate of drug-likeness (QED) is 0.725. The smallest absolute Gasteiger partial charge is 0.00819 e. The van der Waals surface area contributed by atoms with Crippen molar-refractivity contribution in [1.29, 1.82) is 0 Å². The van der Waals surface area contributed by atoms with Gasteiger partial charge in [0.1, 0.15) is 0 Å². The normalized spacial score (nSPS) is 38.4. The van der Waals surface area contributed by atoms with E-state index in [0.29, 0.717) is 12.1 Å². The number of likely N-dealkylation sites (tertiary alicyclic amines) is 1. The van der Waals surface area contributed by atoms with Crippen molar-refractivity contribution in [2.45, 2.75) is 44.2 Å². The molecule has 0 amide bonds. The lowest BCUT2D eigenvalue weighted by molar-refractivity contribution is 0.317. The summed E-state index contributed by atoms with van der Waals surface area (Å²) in [5.74, 6) is 0.940. The Hall–Kier alpha value is -0.120. The van der Waals surface area contributed by atoms with E-state index in [1.165, 1.54) is 38.8 Å². The Morgan fingerprint density at radius 3 is 2.87 bits per heavy atom. The van der Waals surface area contributed by atoms with Crippen molar-refractivity contribution in [3.05, 3.63) is 0 Å². The predicted octanol–water partition coefficient (Wildman–Crippen LogP) is 0.798. The van der Waals surface area contributed by atoms with Crippen LogP contribution >= 0.6 is 0 Å². The Balaban J connectivity index is 1.64. The van der Waals surface area contributed by atoms with Crippen LogP contribution in [-0.2, 0) is 0 Å². The number of hydrogen-bond acceptors (Lipinski definition) is 3. The summed E-state index contributed by atoms with van der Waals surface area (Å²) in [6, 6.07) is 1.14. The third kappa shape index (κ3) is 3.44. The first-order valence-electron chi connectivity index (χ1n) is 6.41. The number of rotatable bonds is 3. The van der Waals surface area contributed by atoms with Crippen LogP contribution < -0.4 is 11.1 Å². The molecule has 2 saturated heterocycles. The highest BCUT2D eigenvalue weighted by atomic mass is 15.1. The molecule has 2 heterocycles. The van der Waals surface area contributed by atoms with Crippen LogP contribution in [0.5, 0.6) is 0 Å². The molecule has 0 saturated carbocycles. The van der Waals surface area contributed by atoms with E-state index in [0.717, 1.165) is 18.9 Å². The molecule has 3 unspecified atom stereocenters. The summed E-state index contributed by atoms with van der Waals surface area (Å²) in [4.78, 5) is 2.45. The van der Waals surface area contributed by atoms with E-state index in [1.54, 1.807) is 0 Å². The van der Waals surface area contributed by atoms with Gasteiger partial charge in [-0.3, -0.25) is 0 Å². The first kappa shape index (κ1) is 11.4.